The van der Waals surface area contributed by atoms with Crippen molar-refractivity contribution in [1.82, 2.24) is 14.9 Å². The van der Waals surface area contributed by atoms with Crippen LogP contribution in [0.25, 0.3) is 16.7 Å². The molecular formula is C24H20F6N4O3. The van der Waals surface area contributed by atoms with Gasteiger partial charge in [0.05, 0.1) is 18.6 Å². The SMILES string of the molecule is O=C(N[C@@H](C1CC1)C(F)(F)F)c1cn(-c2c(F)cc(F)cc2F)c2nc(N3CCOCC3)ccc2c1=O. The lowest BCUT2D eigenvalue weighted by Gasteiger charge is -2.28. The molecule has 196 valence electrons. The standard InChI is InChI=1S/C24H20F6N4O3/c25-13-9-16(26)19(17(27)10-13)34-11-15(23(36)32-21(12-1-2-12)24(28,29)30)20(35)14-3-4-18(31-22(14)34)33-5-7-37-8-6-33/h3-4,9-12,21H,1-2,5-8H2,(H,32,36)/t21-/m0/s1. The van der Waals surface area contributed by atoms with E-state index in [9.17, 15) is 35.9 Å². The number of benzene rings is 1. The van der Waals surface area contributed by atoms with Crippen LogP contribution >= 0.6 is 0 Å². The third-order valence-electron chi connectivity index (χ3n) is 6.37. The van der Waals surface area contributed by atoms with Gasteiger partial charge in [0.2, 0.25) is 5.43 Å². The highest BCUT2D eigenvalue weighted by Crippen LogP contribution is 2.40. The van der Waals surface area contributed by atoms with Gasteiger partial charge in [0.25, 0.3) is 5.91 Å². The van der Waals surface area contributed by atoms with Crippen molar-refractivity contribution in [3.05, 3.63) is 63.7 Å². The number of hydrogen-bond donors (Lipinski definition) is 1. The van der Waals surface area contributed by atoms with E-state index in [1.165, 1.54) is 12.1 Å². The maximum atomic E-state index is 14.8. The minimum atomic E-state index is -4.75. The van der Waals surface area contributed by atoms with Gasteiger partial charge >= 0.3 is 6.18 Å². The number of fused-ring (bicyclic) bond motifs is 1. The number of anilines is 1. The summed E-state index contributed by atoms with van der Waals surface area (Å²) in [5.41, 5.74) is -2.85. The van der Waals surface area contributed by atoms with Gasteiger partial charge in [0.15, 0.2) is 17.3 Å². The Morgan fingerprint density at radius 2 is 1.73 bits per heavy atom. The van der Waals surface area contributed by atoms with Gasteiger partial charge in [-0.15, -0.1) is 0 Å². The second kappa shape index (κ2) is 9.36. The zero-order valence-corrected chi connectivity index (χ0v) is 19.1. The molecule has 13 heteroatoms. The van der Waals surface area contributed by atoms with Crippen molar-refractivity contribution in [2.24, 2.45) is 5.92 Å². The van der Waals surface area contributed by atoms with E-state index in [1.54, 1.807) is 4.90 Å². The third kappa shape index (κ3) is 4.87. The topological polar surface area (TPSA) is 76.5 Å². The van der Waals surface area contributed by atoms with Crippen molar-refractivity contribution in [2.75, 3.05) is 31.2 Å². The molecule has 37 heavy (non-hydrogen) atoms. The fraction of sp³-hybridized carbons (Fsp3) is 0.375. The van der Waals surface area contributed by atoms with Crippen LogP contribution in [0.5, 0.6) is 0 Å². The first-order chi connectivity index (χ1) is 17.5. The molecule has 1 aliphatic carbocycles. The smallest absolute Gasteiger partial charge is 0.378 e. The van der Waals surface area contributed by atoms with Gasteiger partial charge in [0, 0.05) is 31.4 Å². The summed E-state index contributed by atoms with van der Waals surface area (Å²) in [6, 6.07) is 1.37. The third-order valence-corrected chi connectivity index (χ3v) is 6.37. The van der Waals surface area contributed by atoms with Crippen molar-refractivity contribution in [1.29, 1.82) is 0 Å². The second-order valence-electron chi connectivity index (χ2n) is 8.93. The van der Waals surface area contributed by atoms with Gasteiger partial charge in [-0.05, 0) is 30.9 Å². The molecule has 5 rings (SSSR count). The average Bonchev–Trinajstić information content (AvgIpc) is 3.68. The maximum Gasteiger partial charge on any atom is 0.408 e. The molecule has 1 saturated heterocycles. The number of carbonyl (C=O) groups is 1. The molecule has 2 aliphatic rings. The van der Waals surface area contributed by atoms with E-state index in [-0.39, 0.29) is 23.9 Å². The average molecular weight is 526 g/mol. The molecule has 0 bridgehead atoms. The molecule has 1 aromatic carbocycles. The summed E-state index contributed by atoms with van der Waals surface area (Å²) in [6.45, 7) is 1.69. The normalized spacial score (nSPS) is 17.2. The van der Waals surface area contributed by atoms with Crippen molar-refractivity contribution in [3.63, 3.8) is 0 Å². The van der Waals surface area contributed by atoms with E-state index >= 15 is 0 Å². The number of alkyl halides is 3. The number of ether oxygens (including phenoxy) is 1. The van der Waals surface area contributed by atoms with Crippen LogP contribution in [0.3, 0.4) is 0 Å². The van der Waals surface area contributed by atoms with E-state index < -0.39 is 58.2 Å². The Kier molecular flexibility index (Phi) is 6.34. The van der Waals surface area contributed by atoms with Crippen LogP contribution in [0.4, 0.5) is 32.2 Å². The van der Waals surface area contributed by atoms with E-state index in [0.717, 1.165) is 10.8 Å². The van der Waals surface area contributed by atoms with Crippen molar-refractivity contribution in [2.45, 2.75) is 25.1 Å². The summed E-state index contributed by atoms with van der Waals surface area (Å²) in [5, 5.41) is 1.59. The van der Waals surface area contributed by atoms with Crippen LogP contribution < -0.4 is 15.6 Å². The first-order valence-electron chi connectivity index (χ1n) is 11.5. The molecule has 1 saturated carbocycles. The van der Waals surface area contributed by atoms with E-state index in [1.807, 2.05) is 5.32 Å². The Balaban J connectivity index is 1.68. The maximum absolute atomic E-state index is 14.8. The number of nitrogens with zero attached hydrogens (tertiary/aromatic N) is 3. The summed E-state index contributed by atoms with van der Waals surface area (Å²) in [4.78, 5) is 32.3. The van der Waals surface area contributed by atoms with Gasteiger partial charge in [0.1, 0.15) is 28.9 Å². The summed E-state index contributed by atoms with van der Waals surface area (Å²) >= 11 is 0. The van der Waals surface area contributed by atoms with Crippen molar-refractivity contribution >= 4 is 22.8 Å². The van der Waals surface area contributed by atoms with E-state index in [2.05, 4.69) is 4.98 Å². The summed E-state index contributed by atoms with van der Waals surface area (Å²) in [7, 11) is 0. The van der Waals surface area contributed by atoms with Crippen LogP contribution in [-0.4, -0.2) is 54.0 Å². The van der Waals surface area contributed by atoms with Crippen LogP contribution in [-0.2, 0) is 4.74 Å². The molecule has 0 spiro atoms. The van der Waals surface area contributed by atoms with Gasteiger partial charge in [-0.1, -0.05) is 0 Å². The first kappa shape index (κ1) is 25.1. The van der Waals surface area contributed by atoms with Gasteiger partial charge < -0.3 is 15.0 Å². The van der Waals surface area contributed by atoms with Crippen molar-refractivity contribution in [3.8, 4) is 5.69 Å². The fourth-order valence-corrected chi connectivity index (χ4v) is 4.37. The molecular weight excluding hydrogens is 506 g/mol. The predicted molar refractivity (Wildman–Crippen MR) is 120 cm³/mol. The van der Waals surface area contributed by atoms with Gasteiger partial charge in [-0.2, -0.15) is 13.2 Å². The number of nitrogens with one attached hydrogen (secondary N) is 1. The summed E-state index contributed by atoms with van der Waals surface area (Å²) < 4.78 is 89.8. The zero-order chi connectivity index (χ0) is 26.5. The van der Waals surface area contributed by atoms with Crippen molar-refractivity contribution < 1.29 is 35.9 Å². The highest BCUT2D eigenvalue weighted by Gasteiger charge is 2.49. The Bertz CT molecular complexity index is 1410. The molecule has 1 aliphatic heterocycles. The van der Waals surface area contributed by atoms with Crippen LogP contribution in [0.2, 0.25) is 0 Å². The molecule has 3 aromatic rings. The highest BCUT2D eigenvalue weighted by atomic mass is 19.4. The molecule has 7 nitrogen and oxygen atoms in total. The second-order valence-corrected chi connectivity index (χ2v) is 8.93. The van der Waals surface area contributed by atoms with E-state index in [4.69, 9.17) is 4.74 Å². The molecule has 2 aromatic heterocycles. The Labute approximate surface area is 205 Å². The monoisotopic (exact) mass is 526 g/mol. The van der Waals surface area contributed by atoms with Crippen LogP contribution in [0.15, 0.2) is 35.3 Å². The first-order valence-corrected chi connectivity index (χ1v) is 11.5. The molecule has 1 atom stereocenters. The number of rotatable bonds is 5. The quantitative estimate of drug-likeness (QED) is 0.514. The van der Waals surface area contributed by atoms with Gasteiger partial charge in [-0.25, -0.2) is 18.2 Å². The lowest BCUT2D eigenvalue weighted by Crippen LogP contribution is -2.48. The fourth-order valence-electron chi connectivity index (χ4n) is 4.37. The van der Waals surface area contributed by atoms with Crippen LogP contribution in [0.1, 0.15) is 23.2 Å². The lowest BCUT2D eigenvalue weighted by atomic mass is 10.1. The lowest BCUT2D eigenvalue weighted by molar-refractivity contribution is -0.158. The number of hydrogen-bond acceptors (Lipinski definition) is 5. The molecule has 1 amide bonds. The number of carbonyl (C=O) groups excluding carboxylic acids is 1. The minimum Gasteiger partial charge on any atom is -0.378 e. The van der Waals surface area contributed by atoms with Crippen LogP contribution in [0, 0.1) is 23.4 Å². The minimum absolute atomic E-state index is 0.257. The number of morpholine rings is 1. The number of pyridine rings is 2. The van der Waals surface area contributed by atoms with E-state index in [0.29, 0.717) is 44.3 Å². The Morgan fingerprint density at radius 3 is 2.32 bits per heavy atom. The zero-order valence-electron chi connectivity index (χ0n) is 19.1. The number of aromatic nitrogens is 2. The largest absolute Gasteiger partial charge is 0.408 e. The molecule has 0 unspecified atom stereocenters. The van der Waals surface area contributed by atoms with Gasteiger partial charge in [-0.3, -0.25) is 14.2 Å². The number of amides is 1. The Morgan fingerprint density at radius 1 is 1.08 bits per heavy atom. The Hall–Kier alpha value is -3.61. The highest BCUT2D eigenvalue weighted by molar-refractivity contribution is 5.97. The summed E-state index contributed by atoms with van der Waals surface area (Å²) in [6.07, 6.45) is -3.51. The predicted octanol–water partition coefficient (Wildman–Crippen LogP) is 3.71. The molecule has 2 fully saturated rings. The molecule has 1 N–H and O–H groups in total. The molecule has 0 radical (unpaired) electrons. The summed E-state index contributed by atoms with van der Waals surface area (Å²) in [5.74, 6) is -5.76. The number of halogens is 6. The molecule has 3 heterocycles.